The summed E-state index contributed by atoms with van der Waals surface area (Å²) in [4.78, 5) is 16.9. The number of para-hydroxylation sites is 2. The molecule has 1 heterocycles. The van der Waals surface area contributed by atoms with Crippen LogP contribution in [0.15, 0.2) is 54.6 Å². The van der Waals surface area contributed by atoms with Crippen LogP contribution in [-0.4, -0.2) is 22.0 Å². The molecule has 25 heavy (non-hydrogen) atoms. The molecule has 1 aromatic heterocycles. The fourth-order valence-corrected chi connectivity index (χ4v) is 3.04. The Morgan fingerprint density at radius 1 is 1.08 bits per heavy atom. The van der Waals surface area contributed by atoms with Crippen LogP contribution >= 0.6 is 0 Å². The molecule has 1 amide bonds. The van der Waals surface area contributed by atoms with Gasteiger partial charge in [0.1, 0.15) is 5.82 Å². The number of hydrogen-bond donors (Lipinski definition) is 1. The molecular formula is C21H25N3O. The fourth-order valence-electron chi connectivity index (χ4n) is 3.04. The van der Waals surface area contributed by atoms with E-state index in [0.717, 1.165) is 42.7 Å². The molecule has 0 unspecified atom stereocenters. The van der Waals surface area contributed by atoms with E-state index < -0.39 is 0 Å². The topological polar surface area (TPSA) is 46.9 Å². The third-order valence-corrected chi connectivity index (χ3v) is 4.35. The smallest absolute Gasteiger partial charge is 0.224 e. The number of rotatable bonds is 8. The van der Waals surface area contributed by atoms with Gasteiger partial charge in [-0.05, 0) is 24.1 Å². The third-order valence-electron chi connectivity index (χ3n) is 4.35. The molecule has 4 nitrogen and oxygen atoms in total. The monoisotopic (exact) mass is 335 g/mol. The minimum absolute atomic E-state index is 0.0578. The Bertz CT molecular complexity index is 824. The molecule has 3 rings (SSSR count). The lowest BCUT2D eigenvalue weighted by atomic mass is 10.1. The van der Waals surface area contributed by atoms with E-state index in [-0.39, 0.29) is 5.91 Å². The van der Waals surface area contributed by atoms with Crippen molar-refractivity contribution in [3.63, 3.8) is 0 Å². The van der Waals surface area contributed by atoms with Gasteiger partial charge in [-0.1, -0.05) is 55.8 Å². The Morgan fingerprint density at radius 3 is 2.64 bits per heavy atom. The summed E-state index contributed by atoms with van der Waals surface area (Å²) in [5.74, 6) is 1.11. The number of aromatic nitrogens is 2. The van der Waals surface area contributed by atoms with Crippen LogP contribution in [0.4, 0.5) is 0 Å². The van der Waals surface area contributed by atoms with Gasteiger partial charge in [0.25, 0.3) is 0 Å². The molecule has 0 aliphatic carbocycles. The van der Waals surface area contributed by atoms with Crippen LogP contribution in [0.2, 0.25) is 0 Å². The first kappa shape index (κ1) is 17.2. The molecule has 0 aliphatic heterocycles. The number of unbranched alkanes of at least 4 members (excludes halogenated alkanes) is 1. The van der Waals surface area contributed by atoms with Gasteiger partial charge in [0, 0.05) is 19.5 Å². The summed E-state index contributed by atoms with van der Waals surface area (Å²) in [7, 11) is 0. The quantitative estimate of drug-likeness (QED) is 0.682. The number of nitrogens with one attached hydrogen (secondary N) is 1. The summed E-state index contributed by atoms with van der Waals surface area (Å²) in [5.41, 5.74) is 3.25. The number of hydrogen-bond acceptors (Lipinski definition) is 2. The third kappa shape index (κ3) is 4.47. The number of fused-ring (bicyclic) bond motifs is 1. The van der Waals surface area contributed by atoms with Gasteiger partial charge < -0.3 is 9.88 Å². The summed E-state index contributed by atoms with van der Waals surface area (Å²) in [6.07, 6.45) is 3.46. The van der Waals surface area contributed by atoms with Crippen molar-refractivity contribution in [2.75, 3.05) is 6.54 Å². The van der Waals surface area contributed by atoms with Gasteiger partial charge in [-0.15, -0.1) is 0 Å². The van der Waals surface area contributed by atoms with Gasteiger partial charge in [-0.3, -0.25) is 4.79 Å². The van der Waals surface area contributed by atoms with Crippen molar-refractivity contribution in [1.82, 2.24) is 14.9 Å². The van der Waals surface area contributed by atoms with Gasteiger partial charge in [-0.25, -0.2) is 4.98 Å². The first-order valence-electron chi connectivity index (χ1n) is 9.02. The Kier molecular flexibility index (Phi) is 5.83. The molecular weight excluding hydrogens is 310 g/mol. The molecule has 0 bridgehead atoms. The molecule has 0 atom stereocenters. The SMILES string of the molecule is CCCCn1c(CCNC(=O)Cc2ccccc2)nc2ccccc21. The van der Waals surface area contributed by atoms with E-state index in [1.54, 1.807) is 0 Å². The number of aryl methyl sites for hydroxylation is 1. The predicted octanol–water partition coefficient (Wildman–Crippen LogP) is 3.74. The normalized spacial score (nSPS) is 10.9. The maximum Gasteiger partial charge on any atom is 0.224 e. The van der Waals surface area contributed by atoms with Gasteiger partial charge >= 0.3 is 0 Å². The van der Waals surface area contributed by atoms with Gasteiger partial charge in [-0.2, -0.15) is 0 Å². The van der Waals surface area contributed by atoms with E-state index >= 15 is 0 Å². The van der Waals surface area contributed by atoms with Crippen LogP contribution in [0.1, 0.15) is 31.2 Å². The molecule has 0 spiro atoms. The van der Waals surface area contributed by atoms with Crippen molar-refractivity contribution < 1.29 is 4.79 Å². The van der Waals surface area contributed by atoms with Crippen LogP contribution < -0.4 is 5.32 Å². The average molecular weight is 335 g/mol. The largest absolute Gasteiger partial charge is 0.355 e. The number of carbonyl (C=O) groups is 1. The summed E-state index contributed by atoms with van der Waals surface area (Å²) in [6, 6.07) is 18.1. The highest BCUT2D eigenvalue weighted by Gasteiger charge is 2.10. The van der Waals surface area contributed by atoms with Gasteiger partial charge in [0.15, 0.2) is 0 Å². The number of imidazole rings is 1. The van der Waals surface area contributed by atoms with Crippen molar-refractivity contribution >= 4 is 16.9 Å². The van der Waals surface area contributed by atoms with Crippen LogP contribution in [0.5, 0.6) is 0 Å². The highest BCUT2D eigenvalue weighted by molar-refractivity contribution is 5.78. The van der Waals surface area contributed by atoms with Crippen molar-refractivity contribution in [3.05, 3.63) is 66.0 Å². The highest BCUT2D eigenvalue weighted by Crippen LogP contribution is 2.17. The lowest BCUT2D eigenvalue weighted by Crippen LogP contribution is -2.28. The van der Waals surface area contributed by atoms with E-state index in [1.165, 1.54) is 5.52 Å². The minimum atomic E-state index is 0.0578. The Labute approximate surface area is 148 Å². The molecule has 2 aromatic carbocycles. The first-order valence-corrected chi connectivity index (χ1v) is 9.02. The summed E-state index contributed by atoms with van der Waals surface area (Å²) >= 11 is 0. The molecule has 0 saturated heterocycles. The molecule has 3 aromatic rings. The maximum absolute atomic E-state index is 12.1. The minimum Gasteiger partial charge on any atom is -0.355 e. The number of nitrogens with zero attached hydrogens (tertiary/aromatic N) is 2. The molecule has 0 saturated carbocycles. The zero-order chi connectivity index (χ0) is 17.5. The highest BCUT2D eigenvalue weighted by atomic mass is 16.1. The Morgan fingerprint density at radius 2 is 1.84 bits per heavy atom. The second-order valence-electron chi connectivity index (χ2n) is 6.28. The first-order chi connectivity index (χ1) is 12.3. The summed E-state index contributed by atoms with van der Waals surface area (Å²) in [6.45, 7) is 3.79. The molecule has 130 valence electrons. The Hall–Kier alpha value is -2.62. The number of benzene rings is 2. The lowest BCUT2D eigenvalue weighted by molar-refractivity contribution is -0.120. The summed E-state index contributed by atoms with van der Waals surface area (Å²) < 4.78 is 2.29. The molecule has 0 fully saturated rings. The predicted molar refractivity (Wildman–Crippen MR) is 102 cm³/mol. The van der Waals surface area contributed by atoms with Crippen LogP contribution in [0.25, 0.3) is 11.0 Å². The van der Waals surface area contributed by atoms with E-state index in [2.05, 4.69) is 35.0 Å². The van der Waals surface area contributed by atoms with Crippen LogP contribution in [0, 0.1) is 0 Å². The lowest BCUT2D eigenvalue weighted by Gasteiger charge is -2.09. The van der Waals surface area contributed by atoms with E-state index in [1.807, 2.05) is 36.4 Å². The number of carbonyl (C=O) groups excluding carboxylic acids is 1. The maximum atomic E-state index is 12.1. The Balaban J connectivity index is 1.61. The van der Waals surface area contributed by atoms with Gasteiger partial charge in [0.2, 0.25) is 5.91 Å². The van der Waals surface area contributed by atoms with Crippen molar-refractivity contribution in [2.45, 2.75) is 39.2 Å². The van der Waals surface area contributed by atoms with Crippen LogP contribution in [-0.2, 0) is 24.2 Å². The molecule has 1 N–H and O–H groups in total. The second-order valence-corrected chi connectivity index (χ2v) is 6.28. The summed E-state index contributed by atoms with van der Waals surface area (Å²) in [5, 5.41) is 3.02. The van der Waals surface area contributed by atoms with Crippen LogP contribution in [0.3, 0.4) is 0 Å². The molecule has 0 radical (unpaired) electrons. The molecule has 4 heteroatoms. The van der Waals surface area contributed by atoms with Gasteiger partial charge in [0.05, 0.1) is 17.5 Å². The van der Waals surface area contributed by atoms with Crippen molar-refractivity contribution in [1.29, 1.82) is 0 Å². The standard InChI is InChI=1S/C21H25N3O/c1-2-3-15-24-19-12-8-7-11-18(19)23-20(24)13-14-22-21(25)16-17-9-5-4-6-10-17/h4-12H,2-3,13-16H2,1H3,(H,22,25). The second kappa shape index (κ2) is 8.47. The zero-order valence-electron chi connectivity index (χ0n) is 14.7. The van der Waals surface area contributed by atoms with Crippen molar-refractivity contribution in [2.24, 2.45) is 0 Å². The van der Waals surface area contributed by atoms with Crippen molar-refractivity contribution in [3.8, 4) is 0 Å². The molecule has 0 aliphatic rings. The number of amides is 1. The fraction of sp³-hybridized carbons (Fsp3) is 0.333. The zero-order valence-corrected chi connectivity index (χ0v) is 14.7. The average Bonchev–Trinajstić information content (AvgIpc) is 2.98. The van der Waals surface area contributed by atoms with E-state index in [0.29, 0.717) is 13.0 Å². The van der Waals surface area contributed by atoms with E-state index in [4.69, 9.17) is 4.98 Å². The van der Waals surface area contributed by atoms with E-state index in [9.17, 15) is 4.79 Å².